The van der Waals surface area contributed by atoms with E-state index in [1.165, 1.54) is 12.1 Å². The SMILES string of the molecule is O=C(O)C(Cc1ccc(O)cc1C(F)F)N=C(c1ccccc1)c1ccccc1. The Morgan fingerprint density at radius 3 is 1.93 bits per heavy atom. The highest BCUT2D eigenvalue weighted by Crippen LogP contribution is 2.28. The number of carboxylic acids is 1. The zero-order valence-corrected chi connectivity index (χ0v) is 15.4. The molecule has 0 radical (unpaired) electrons. The zero-order valence-electron chi connectivity index (χ0n) is 15.4. The summed E-state index contributed by atoms with van der Waals surface area (Å²) in [4.78, 5) is 16.4. The smallest absolute Gasteiger partial charge is 0.328 e. The van der Waals surface area contributed by atoms with Gasteiger partial charge in [0.2, 0.25) is 0 Å². The van der Waals surface area contributed by atoms with Crippen molar-refractivity contribution >= 4 is 11.7 Å². The number of aromatic hydroxyl groups is 1. The standard InChI is InChI=1S/C23H19F2NO3/c24-22(25)19-14-18(27)12-11-17(19)13-20(23(28)29)26-21(15-7-3-1-4-8-15)16-9-5-2-6-10-16/h1-12,14,20,22,27H,13H2,(H,28,29). The Bertz CT molecular complexity index is 964. The minimum Gasteiger partial charge on any atom is -0.508 e. The molecule has 0 aliphatic heterocycles. The van der Waals surface area contributed by atoms with E-state index in [4.69, 9.17) is 0 Å². The summed E-state index contributed by atoms with van der Waals surface area (Å²) in [5.41, 5.74) is 1.66. The number of hydrogen-bond donors (Lipinski definition) is 2. The summed E-state index contributed by atoms with van der Waals surface area (Å²) >= 11 is 0. The number of carbonyl (C=O) groups is 1. The first-order valence-corrected chi connectivity index (χ1v) is 8.97. The second-order valence-corrected chi connectivity index (χ2v) is 6.45. The Labute approximate surface area is 166 Å². The summed E-state index contributed by atoms with van der Waals surface area (Å²) in [5, 5.41) is 19.2. The average molecular weight is 395 g/mol. The second-order valence-electron chi connectivity index (χ2n) is 6.45. The van der Waals surface area contributed by atoms with Crippen molar-refractivity contribution in [3.8, 4) is 5.75 Å². The van der Waals surface area contributed by atoms with E-state index >= 15 is 0 Å². The van der Waals surface area contributed by atoms with Crippen molar-refractivity contribution in [3.63, 3.8) is 0 Å². The lowest BCUT2D eigenvalue weighted by atomic mass is 9.98. The third kappa shape index (κ3) is 5.04. The average Bonchev–Trinajstić information content (AvgIpc) is 2.73. The maximum Gasteiger partial charge on any atom is 0.328 e. The molecule has 3 rings (SSSR count). The van der Waals surface area contributed by atoms with Gasteiger partial charge in [0.25, 0.3) is 6.43 Å². The molecule has 148 valence electrons. The molecule has 29 heavy (non-hydrogen) atoms. The number of nitrogens with zero attached hydrogens (tertiary/aromatic N) is 1. The molecule has 0 spiro atoms. The van der Waals surface area contributed by atoms with Crippen molar-refractivity contribution in [2.75, 3.05) is 0 Å². The van der Waals surface area contributed by atoms with E-state index in [1.807, 2.05) is 60.7 Å². The van der Waals surface area contributed by atoms with Gasteiger partial charge >= 0.3 is 5.97 Å². The summed E-state index contributed by atoms with van der Waals surface area (Å²) in [6.45, 7) is 0. The number of rotatable bonds is 7. The number of phenols is 1. The van der Waals surface area contributed by atoms with Crippen LogP contribution in [0, 0.1) is 0 Å². The van der Waals surface area contributed by atoms with Gasteiger partial charge in [0.1, 0.15) is 5.75 Å². The monoisotopic (exact) mass is 395 g/mol. The molecule has 0 aliphatic carbocycles. The predicted octanol–water partition coefficient (Wildman–Crippen LogP) is 4.86. The minimum atomic E-state index is -2.83. The Morgan fingerprint density at radius 1 is 0.897 bits per heavy atom. The Balaban J connectivity index is 2.05. The molecule has 0 heterocycles. The number of hydrogen-bond acceptors (Lipinski definition) is 3. The van der Waals surface area contributed by atoms with Gasteiger partial charge in [-0.25, -0.2) is 13.6 Å². The summed E-state index contributed by atoms with van der Waals surface area (Å²) < 4.78 is 26.7. The molecular weight excluding hydrogens is 376 g/mol. The van der Waals surface area contributed by atoms with Crippen LogP contribution in [0.15, 0.2) is 83.9 Å². The van der Waals surface area contributed by atoms with Gasteiger partial charge < -0.3 is 10.2 Å². The molecule has 3 aromatic rings. The fraction of sp³-hybridized carbons (Fsp3) is 0.130. The van der Waals surface area contributed by atoms with E-state index in [9.17, 15) is 23.8 Å². The number of phenolic OH excluding ortho intramolecular Hbond substituents is 1. The van der Waals surface area contributed by atoms with Gasteiger partial charge in [0.15, 0.2) is 6.04 Å². The molecule has 0 saturated carbocycles. The van der Waals surface area contributed by atoms with Crippen molar-refractivity contribution in [3.05, 3.63) is 101 Å². The van der Waals surface area contributed by atoms with Crippen molar-refractivity contribution in [2.24, 2.45) is 4.99 Å². The number of alkyl halides is 2. The van der Waals surface area contributed by atoms with E-state index in [1.54, 1.807) is 0 Å². The highest BCUT2D eigenvalue weighted by atomic mass is 19.3. The second kappa shape index (κ2) is 9.10. The molecule has 4 nitrogen and oxygen atoms in total. The number of aliphatic carboxylic acids is 1. The van der Waals surface area contributed by atoms with Gasteiger partial charge in [-0.15, -0.1) is 0 Å². The quantitative estimate of drug-likeness (QED) is 0.561. The zero-order chi connectivity index (χ0) is 20.8. The van der Waals surface area contributed by atoms with Crippen LogP contribution in [-0.4, -0.2) is 27.9 Å². The fourth-order valence-electron chi connectivity index (χ4n) is 3.03. The topological polar surface area (TPSA) is 69.9 Å². The van der Waals surface area contributed by atoms with E-state index in [0.29, 0.717) is 5.71 Å². The van der Waals surface area contributed by atoms with Gasteiger partial charge in [-0.1, -0.05) is 66.7 Å². The number of carboxylic acid groups (broad SMARTS) is 1. The highest BCUT2D eigenvalue weighted by Gasteiger charge is 2.23. The largest absolute Gasteiger partial charge is 0.508 e. The normalized spacial score (nSPS) is 11.8. The van der Waals surface area contributed by atoms with Gasteiger partial charge in [-0.05, 0) is 17.7 Å². The third-order valence-corrected chi connectivity index (χ3v) is 4.44. The van der Waals surface area contributed by atoms with E-state index in [0.717, 1.165) is 17.2 Å². The molecule has 0 bridgehead atoms. The van der Waals surface area contributed by atoms with Gasteiger partial charge in [0.05, 0.1) is 5.71 Å². The van der Waals surface area contributed by atoms with Gasteiger partial charge in [0, 0.05) is 23.1 Å². The van der Waals surface area contributed by atoms with Crippen LogP contribution in [0.25, 0.3) is 0 Å². The Kier molecular flexibility index (Phi) is 6.34. The number of aliphatic imine (C=N–C) groups is 1. The van der Waals surface area contributed by atoms with Crippen LogP contribution in [0.5, 0.6) is 5.75 Å². The lowest BCUT2D eigenvalue weighted by molar-refractivity contribution is -0.138. The first-order chi connectivity index (χ1) is 14.0. The van der Waals surface area contributed by atoms with E-state index < -0.39 is 24.0 Å². The summed E-state index contributed by atoms with van der Waals surface area (Å²) in [5.74, 6) is -1.52. The number of benzene rings is 3. The van der Waals surface area contributed by atoms with E-state index in [-0.39, 0.29) is 17.7 Å². The molecule has 0 aliphatic rings. The van der Waals surface area contributed by atoms with Crippen LogP contribution in [-0.2, 0) is 11.2 Å². The van der Waals surface area contributed by atoms with Crippen molar-refractivity contribution in [1.29, 1.82) is 0 Å². The van der Waals surface area contributed by atoms with Crippen LogP contribution < -0.4 is 0 Å². The molecule has 1 atom stereocenters. The molecule has 6 heteroatoms. The predicted molar refractivity (Wildman–Crippen MR) is 107 cm³/mol. The van der Waals surface area contributed by atoms with Gasteiger partial charge in [-0.3, -0.25) is 4.99 Å². The molecule has 1 unspecified atom stereocenters. The molecule has 0 amide bonds. The molecule has 3 aromatic carbocycles. The molecular formula is C23H19F2NO3. The van der Waals surface area contributed by atoms with Gasteiger partial charge in [-0.2, -0.15) is 0 Å². The molecule has 0 saturated heterocycles. The highest BCUT2D eigenvalue weighted by molar-refractivity contribution is 6.13. The van der Waals surface area contributed by atoms with Crippen LogP contribution in [0.1, 0.15) is 28.7 Å². The molecule has 2 N–H and O–H groups in total. The lowest BCUT2D eigenvalue weighted by Gasteiger charge is -2.15. The first kappa shape index (κ1) is 20.2. The van der Waals surface area contributed by atoms with Crippen LogP contribution in [0.4, 0.5) is 8.78 Å². The molecule has 0 aromatic heterocycles. The molecule has 0 fully saturated rings. The van der Waals surface area contributed by atoms with Crippen LogP contribution >= 0.6 is 0 Å². The minimum absolute atomic E-state index is 0.134. The number of halogens is 2. The van der Waals surface area contributed by atoms with E-state index in [2.05, 4.69) is 4.99 Å². The van der Waals surface area contributed by atoms with Crippen LogP contribution in [0.2, 0.25) is 0 Å². The van der Waals surface area contributed by atoms with Crippen LogP contribution in [0.3, 0.4) is 0 Å². The maximum absolute atomic E-state index is 13.4. The third-order valence-electron chi connectivity index (χ3n) is 4.44. The fourth-order valence-corrected chi connectivity index (χ4v) is 3.03. The Morgan fingerprint density at radius 2 is 1.45 bits per heavy atom. The van der Waals surface area contributed by atoms with Crippen molar-refractivity contribution in [1.82, 2.24) is 0 Å². The summed E-state index contributed by atoms with van der Waals surface area (Å²) in [7, 11) is 0. The maximum atomic E-state index is 13.4. The Hall–Kier alpha value is -3.54. The summed E-state index contributed by atoms with van der Waals surface area (Å²) in [6, 6.07) is 20.5. The van der Waals surface area contributed by atoms with Crippen molar-refractivity contribution < 1.29 is 23.8 Å². The lowest BCUT2D eigenvalue weighted by Crippen LogP contribution is -2.24. The first-order valence-electron chi connectivity index (χ1n) is 8.97. The van der Waals surface area contributed by atoms with Crippen molar-refractivity contribution in [2.45, 2.75) is 18.9 Å². The summed E-state index contributed by atoms with van der Waals surface area (Å²) in [6.07, 6.45) is -3.06.